The Bertz CT molecular complexity index is 962. The van der Waals surface area contributed by atoms with Crippen molar-refractivity contribution in [2.45, 2.75) is 45.8 Å². The quantitative estimate of drug-likeness (QED) is 0.464. The van der Waals surface area contributed by atoms with E-state index >= 15 is 0 Å². The van der Waals surface area contributed by atoms with Crippen LogP contribution in [0.5, 0.6) is 5.75 Å². The second-order valence-corrected chi connectivity index (χ2v) is 8.58. The van der Waals surface area contributed by atoms with E-state index in [1.54, 1.807) is 30.2 Å². The minimum absolute atomic E-state index is 0.308. The van der Waals surface area contributed by atoms with Gasteiger partial charge in [-0.15, -0.1) is 0 Å². The zero-order valence-electron chi connectivity index (χ0n) is 19.8. The lowest BCUT2D eigenvalue weighted by Gasteiger charge is -2.35. The number of esters is 1. The Hall–Kier alpha value is -3.61. The standard InChI is InChI=1S/C26H32N2O5/c1-19(27-23(29)16-13-20-11-14-22(32-5)15-12-20)25(31)33-18-24(30)28(26(2,3)4)17-21-9-7-6-8-10-21/h6-16,19H,17-18H2,1-5H3,(H,27,29). The van der Waals surface area contributed by atoms with Gasteiger partial charge in [0.1, 0.15) is 11.8 Å². The van der Waals surface area contributed by atoms with Gasteiger partial charge in [0.05, 0.1) is 7.11 Å². The van der Waals surface area contributed by atoms with Gasteiger partial charge in [-0.3, -0.25) is 9.59 Å². The van der Waals surface area contributed by atoms with Crippen molar-refractivity contribution in [1.29, 1.82) is 0 Å². The molecule has 2 rings (SSSR count). The molecular weight excluding hydrogens is 420 g/mol. The second kappa shape index (κ2) is 11.9. The van der Waals surface area contributed by atoms with Gasteiger partial charge in [0.2, 0.25) is 5.91 Å². The van der Waals surface area contributed by atoms with Crippen LogP contribution >= 0.6 is 0 Å². The topological polar surface area (TPSA) is 84.9 Å². The molecule has 2 aromatic rings. The van der Waals surface area contributed by atoms with Crippen molar-refractivity contribution in [1.82, 2.24) is 10.2 Å². The summed E-state index contributed by atoms with van der Waals surface area (Å²) < 4.78 is 10.3. The smallest absolute Gasteiger partial charge is 0.328 e. The Kier molecular flexibility index (Phi) is 9.21. The van der Waals surface area contributed by atoms with Crippen molar-refractivity contribution >= 4 is 23.9 Å². The number of hydrogen-bond donors (Lipinski definition) is 1. The first-order valence-electron chi connectivity index (χ1n) is 10.7. The Balaban J connectivity index is 1.87. The van der Waals surface area contributed by atoms with Gasteiger partial charge in [-0.25, -0.2) is 4.79 Å². The largest absolute Gasteiger partial charge is 0.497 e. The number of nitrogens with zero attached hydrogens (tertiary/aromatic N) is 1. The van der Waals surface area contributed by atoms with Gasteiger partial charge < -0.3 is 19.7 Å². The summed E-state index contributed by atoms with van der Waals surface area (Å²) in [5, 5.41) is 2.55. The van der Waals surface area contributed by atoms with Gasteiger partial charge in [-0.05, 0) is 57.0 Å². The molecule has 0 aromatic heterocycles. The fourth-order valence-corrected chi connectivity index (χ4v) is 3.01. The molecule has 0 fully saturated rings. The van der Waals surface area contributed by atoms with E-state index < -0.39 is 30.1 Å². The molecule has 1 unspecified atom stereocenters. The minimum Gasteiger partial charge on any atom is -0.497 e. The van der Waals surface area contributed by atoms with E-state index in [0.29, 0.717) is 6.54 Å². The summed E-state index contributed by atoms with van der Waals surface area (Å²) in [6.45, 7) is 7.29. The lowest BCUT2D eigenvalue weighted by atomic mass is 10.0. The highest BCUT2D eigenvalue weighted by atomic mass is 16.5. The average Bonchev–Trinajstić information content (AvgIpc) is 2.79. The Morgan fingerprint density at radius 1 is 1.03 bits per heavy atom. The number of methoxy groups -OCH3 is 1. The number of nitrogens with one attached hydrogen (secondary N) is 1. The van der Waals surface area contributed by atoms with Crippen LogP contribution in [0.1, 0.15) is 38.8 Å². The third kappa shape index (κ3) is 8.44. The third-order valence-electron chi connectivity index (χ3n) is 4.89. The van der Waals surface area contributed by atoms with Gasteiger partial charge in [0.25, 0.3) is 5.91 Å². The monoisotopic (exact) mass is 452 g/mol. The number of benzene rings is 2. The molecule has 0 heterocycles. The highest BCUT2D eigenvalue weighted by Crippen LogP contribution is 2.18. The lowest BCUT2D eigenvalue weighted by molar-refractivity contribution is -0.156. The fraction of sp³-hybridized carbons (Fsp3) is 0.346. The number of ether oxygens (including phenoxy) is 2. The van der Waals surface area contributed by atoms with Crippen molar-refractivity contribution in [2.75, 3.05) is 13.7 Å². The van der Waals surface area contributed by atoms with Crippen molar-refractivity contribution < 1.29 is 23.9 Å². The number of hydrogen-bond acceptors (Lipinski definition) is 5. The molecule has 0 aliphatic carbocycles. The molecule has 0 saturated heterocycles. The van der Waals surface area contributed by atoms with E-state index in [-0.39, 0.29) is 5.91 Å². The SMILES string of the molecule is COc1ccc(C=CC(=O)NC(C)C(=O)OCC(=O)N(Cc2ccccc2)C(C)(C)C)cc1. The molecular formula is C26H32N2O5. The van der Waals surface area contributed by atoms with Gasteiger partial charge in [-0.1, -0.05) is 42.5 Å². The van der Waals surface area contributed by atoms with Crippen LogP contribution in [-0.2, 0) is 25.7 Å². The van der Waals surface area contributed by atoms with Crippen LogP contribution in [0.25, 0.3) is 6.08 Å². The molecule has 0 saturated carbocycles. The zero-order valence-corrected chi connectivity index (χ0v) is 19.8. The van der Waals surface area contributed by atoms with Crippen molar-refractivity contribution in [3.05, 3.63) is 71.8 Å². The maximum Gasteiger partial charge on any atom is 0.328 e. The summed E-state index contributed by atoms with van der Waals surface area (Å²) in [5.41, 5.74) is 1.34. The summed E-state index contributed by atoms with van der Waals surface area (Å²) in [6, 6.07) is 15.9. The fourth-order valence-electron chi connectivity index (χ4n) is 3.01. The Morgan fingerprint density at radius 3 is 2.24 bits per heavy atom. The molecule has 2 amide bonds. The molecule has 0 radical (unpaired) electrons. The van der Waals surface area contributed by atoms with E-state index in [4.69, 9.17) is 9.47 Å². The summed E-state index contributed by atoms with van der Waals surface area (Å²) in [6.07, 6.45) is 2.96. The molecule has 7 heteroatoms. The molecule has 1 atom stereocenters. The first-order valence-corrected chi connectivity index (χ1v) is 10.7. The Labute approximate surface area is 195 Å². The molecule has 33 heavy (non-hydrogen) atoms. The first kappa shape index (κ1) is 25.6. The van der Waals surface area contributed by atoms with E-state index in [0.717, 1.165) is 16.9 Å². The van der Waals surface area contributed by atoms with Crippen LogP contribution < -0.4 is 10.1 Å². The van der Waals surface area contributed by atoms with Crippen LogP contribution in [0, 0.1) is 0 Å². The predicted molar refractivity (Wildman–Crippen MR) is 127 cm³/mol. The van der Waals surface area contributed by atoms with Crippen molar-refractivity contribution in [2.24, 2.45) is 0 Å². The van der Waals surface area contributed by atoms with Gasteiger partial charge in [0.15, 0.2) is 6.61 Å². The van der Waals surface area contributed by atoms with E-state index in [1.807, 2.05) is 63.2 Å². The van der Waals surface area contributed by atoms with E-state index in [1.165, 1.54) is 13.0 Å². The summed E-state index contributed by atoms with van der Waals surface area (Å²) in [7, 11) is 1.58. The number of carbonyl (C=O) groups excluding carboxylic acids is 3. The first-order chi connectivity index (χ1) is 15.6. The van der Waals surface area contributed by atoms with E-state index in [9.17, 15) is 14.4 Å². The molecule has 176 valence electrons. The number of carbonyl (C=O) groups is 3. The van der Waals surface area contributed by atoms with Crippen LogP contribution in [-0.4, -0.2) is 48.0 Å². The maximum absolute atomic E-state index is 12.8. The van der Waals surface area contributed by atoms with Crippen molar-refractivity contribution in [3.8, 4) is 5.75 Å². The summed E-state index contributed by atoms with van der Waals surface area (Å²) in [4.78, 5) is 38.9. The van der Waals surface area contributed by atoms with Crippen LogP contribution in [0.3, 0.4) is 0 Å². The van der Waals surface area contributed by atoms with Crippen LogP contribution in [0.2, 0.25) is 0 Å². The maximum atomic E-state index is 12.8. The number of rotatable bonds is 9. The van der Waals surface area contributed by atoms with Gasteiger partial charge >= 0.3 is 5.97 Å². The van der Waals surface area contributed by atoms with Crippen LogP contribution in [0.15, 0.2) is 60.7 Å². The summed E-state index contributed by atoms with van der Waals surface area (Å²) in [5.74, 6) is -0.709. The second-order valence-electron chi connectivity index (χ2n) is 8.58. The number of amides is 2. The highest BCUT2D eigenvalue weighted by Gasteiger charge is 2.28. The molecule has 0 aliphatic rings. The Morgan fingerprint density at radius 2 is 1.67 bits per heavy atom. The minimum atomic E-state index is -0.900. The molecule has 0 aliphatic heterocycles. The molecule has 7 nitrogen and oxygen atoms in total. The molecule has 0 spiro atoms. The van der Waals surface area contributed by atoms with Crippen molar-refractivity contribution in [3.63, 3.8) is 0 Å². The van der Waals surface area contributed by atoms with Gasteiger partial charge in [0, 0.05) is 18.2 Å². The highest BCUT2D eigenvalue weighted by molar-refractivity contribution is 5.94. The van der Waals surface area contributed by atoms with Crippen LogP contribution in [0.4, 0.5) is 0 Å². The summed E-state index contributed by atoms with van der Waals surface area (Å²) >= 11 is 0. The molecule has 1 N–H and O–H groups in total. The molecule has 2 aromatic carbocycles. The third-order valence-corrected chi connectivity index (χ3v) is 4.89. The van der Waals surface area contributed by atoms with Gasteiger partial charge in [-0.2, -0.15) is 0 Å². The lowest BCUT2D eigenvalue weighted by Crippen LogP contribution is -2.47. The van der Waals surface area contributed by atoms with E-state index in [2.05, 4.69) is 5.32 Å². The average molecular weight is 453 g/mol. The molecule has 0 bridgehead atoms. The zero-order chi connectivity index (χ0) is 24.4. The normalized spacial score (nSPS) is 12.2. The predicted octanol–water partition coefficient (Wildman–Crippen LogP) is 3.58.